The van der Waals surface area contributed by atoms with Gasteiger partial charge in [0.25, 0.3) is 0 Å². The third kappa shape index (κ3) is 1.62. The molecule has 2 heterocycles. The van der Waals surface area contributed by atoms with Crippen molar-refractivity contribution >= 4 is 0 Å². The zero-order valence-corrected chi connectivity index (χ0v) is 9.01. The van der Waals surface area contributed by atoms with Crippen molar-refractivity contribution in [1.29, 1.82) is 0 Å². The number of ether oxygens (including phenoxy) is 2. The lowest BCUT2D eigenvalue weighted by molar-refractivity contribution is 0.174. The molecular weight excluding hydrogens is 204 g/mol. The first-order valence-electron chi connectivity index (χ1n) is 5.18. The fourth-order valence-corrected chi connectivity index (χ4v) is 1.81. The van der Waals surface area contributed by atoms with Crippen LogP contribution < -0.4 is 9.47 Å². The van der Waals surface area contributed by atoms with Crippen LogP contribution in [-0.2, 0) is 6.54 Å². The Morgan fingerprint density at radius 2 is 2.19 bits per heavy atom. The molecule has 0 fully saturated rings. The number of aryl methyl sites for hydroxylation is 1. The molecule has 1 aromatic heterocycles. The molecule has 1 aliphatic heterocycles. The van der Waals surface area contributed by atoms with Crippen LogP contribution in [0, 0.1) is 6.92 Å². The molecule has 1 aromatic carbocycles. The molecule has 0 unspecified atom stereocenters. The minimum absolute atomic E-state index is 0.322. The Morgan fingerprint density at radius 3 is 3.00 bits per heavy atom. The largest absolute Gasteiger partial charge is 0.454 e. The Bertz CT molecular complexity index is 519. The molecule has 82 valence electrons. The normalized spacial score (nSPS) is 13.1. The van der Waals surface area contributed by atoms with E-state index in [0.29, 0.717) is 6.79 Å². The number of rotatable bonds is 2. The van der Waals surface area contributed by atoms with Crippen molar-refractivity contribution in [2.24, 2.45) is 0 Å². The standard InChI is InChI=1S/C12H12N2O2/c1-9-5-14(7-13-9)6-10-2-3-11-12(4-10)16-8-15-11/h2-5,7H,6,8H2,1H3. The predicted molar refractivity (Wildman–Crippen MR) is 58.6 cm³/mol. The number of imidazole rings is 1. The highest BCUT2D eigenvalue weighted by molar-refractivity contribution is 5.44. The second kappa shape index (κ2) is 3.56. The molecule has 0 amide bonds. The molecule has 4 nitrogen and oxygen atoms in total. The van der Waals surface area contributed by atoms with Crippen molar-refractivity contribution in [3.8, 4) is 11.5 Å². The molecule has 0 aliphatic carbocycles. The number of aromatic nitrogens is 2. The maximum Gasteiger partial charge on any atom is 0.231 e. The monoisotopic (exact) mass is 216 g/mol. The minimum Gasteiger partial charge on any atom is -0.454 e. The van der Waals surface area contributed by atoms with Gasteiger partial charge in [-0.05, 0) is 24.6 Å². The second-order valence-electron chi connectivity index (χ2n) is 3.87. The smallest absolute Gasteiger partial charge is 0.231 e. The van der Waals surface area contributed by atoms with E-state index in [1.54, 1.807) is 0 Å². The van der Waals surface area contributed by atoms with E-state index < -0.39 is 0 Å². The van der Waals surface area contributed by atoms with Gasteiger partial charge in [0.15, 0.2) is 11.5 Å². The quantitative estimate of drug-likeness (QED) is 0.770. The van der Waals surface area contributed by atoms with Gasteiger partial charge in [-0.3, -0.25) is 0 Å². The van der Waals surface area contributed by atoms with E-state index in [-0.39, 0.29) is 0 Å². The highest BCUT2D eigenvalue weighted by atomic mass is 16.7. The van der Waals surface area contributed by atoms with Crippen LogP contribution in [0.4, 0.5) is 0 Å². The average Bonchev–Trinajstić information content (AvgIpc) is 2.87. The van der Waals surface area contributed by atoms with Gasteiger partial charge in [0.2, 0.25) is 6.79 Å². The summed E-state index contributed by atoms with van der Waals surface area (Å²) in [4.78, 5) is 4.19. The van der Waals surface area contributed by atoms with Crippen molar-refractivity contribution < 1.29 is 9.47 Å². The van der Waals surface area contributed by atoms with Gasteiger partial charge in [0.1, 0.15) is 0 Å². The van der Waals surface area contributed by atoms with Gasteiger partial charge in [-0.1, -0.05) is 6.07 Å². The van der Waals surface area contributed by atoms with Crippen molar-refractivity contribution in [3.05, 3.63) is 42.0 Å². The summed E-state index contributed by atoms with van der Waals surface area (Å²) in [6.07, 6.45) is 3.85. The first-order chi connectivity index (χ1) is 7.81. The average molecular weight is 216 g/mol. The lowest BCUT2D eigenvalue weighted by Gasteiger charge is -2.03. The fourth-order valence-electron chi connectivity index (χ4n) is 1.81. The Kier molecular flexibility index (Phi) is 2.06. The van der Waals surface area contributed by atoms with Crippen LogP contribution in [0.5, 0.6) is 11.5 Å². The van der Waals surface area contributed by atoms with Gasteiger partial charge in [0.05, 0.1) is 12.0 Å². The molecule has 1 aliphatic rings. The highest BCUT2D eigenvalue weighted by Crippen LogP contribution is 2.32. The molecule has 0 saturated carbocycles. The lowest BCUT2D eigenvalue weighted by Crippen LogP contribution is -1.96. The molecular formula is C12H12N2O2. The molecule has 0 N–H and O–H groups in total. The van der Waals surface area contributed by atoms with Gasteiger partial charge in [-0.2, -0.15) is 0 Å². The van der Waals surface area contributed by atoms with Crippen molar-refractivity contribution in [2.75, 3.05) is 6.79 Å². The Labute approximate surface area is 93.4 Å². The van der Waals surface area contributed by atoms with E-state index in [4.69, 9.17) is 9.47 Å². The molecule has 2 aromatic rings. The van der Waals surface area contributed by atoms with E-state index in [1.807, 2.05) is 42.2 Å². The van der Waals surface area contributed by atoms with E-state index in [1.165, 1.54) is 5.56 Å². The summed E-state index contributed by atoms with van der Waals surface area (Å²) in [5, 5.41) is 0. The summed E-state index contributed by atoms with van der Waals surface area (Å²) < 4.78 is 12.6. The van der Waals surface area contributed by atoms with Crippen molar-refractivity contribution in [3.63, 3.8) is 0 Å². The number of hydrogen-bond donors (Lipinski definition) is 0. The number of nitrogens with zero attached hydrogens (tertiary/aromatic N) is 2. The predicted octanol–water partition coefficient (Wildman–Crippen LogP) is 1.97. The highest BCUT2D eigenvalue weighted by Gasteiger charge is 2.13. The van der Waals surface area contributed by atoms with Crippen LogP contribution in [0.1, 0.15) is 11.3 Å². The molecule has 4 heteroatoms. The third-order valence-electron chi connectivity index (χ3n) is 2.56. The zero-order valence-electron chi connectivity index (χ0n) is 9.01. The molecule has 0 spiro atoms. The van der Waals surface area contributed by atoms with E-state index in [0.717, 1.165) is 23.7 Å². The van der Waals surface area contributed by atoms with Crippen LogP contribution in [0.25, 0.3) is 0 Å². The van der Waals surface area contributed by atoms with Crippen LogP contribution in [0.3, 0.4) is 0 Å². The van der Waals surface area contributed by atoms with Gasteiger partial charge in [0, 0.05) is 12.7 Å². The molecule has 16 heavy (non-hydrogen) atoms. The Balaban J connectivity index is 1.85. The van der Waals surface area contributed by atoms with Crippen molar-refractivity contribution in [2.45, 2.75) is 13.5 Å². The SMILES string of the molecule is Cc1cn(Cc2ccc3c(c2)OCO3)cn1. The summed E-state index contributed by atoms with van der Waals surface area (Å²) in [6, 6.07) is 6.00. The number of fused-ring (bicyclic) bond motifs is 1. The molecule has 3 rings (SSSR count). The summed E-state index contributed by atoms with van der Waals surface area (Å²) in [5.41, 5.74) is 2.21. The van der Waals surface area contributed by atoms with Gasteiger partial charge < -0.3 is 14.0 Å². The third-order valence-corrected chi connectivity index (χ3v) is 2.56. The molecule has 0 bridgehead atoms. The Hall–Kier alpha value is -1.97. The summed E-state index contributed by atoms with van der Waals surface area (Å²) in [7, 11) is 0. The maximum absolute atomic E-state index is 5.33. The minimum atomic E-state index is 0.322. The molecule has 0 saturated heterocycles. The number of benzene rings is 1. The first kappa shape index (κ1) is 9.27. The van der Waals surface area contributed by atoms with Crippen LogP contribution >= 0.6 is 0 Å². The van der Waals surface area contributed by atoms with Gasteiger partial charge in [-0.15, -0.1) is 0 Å². The first-order valence-corrected chi connectivity index (χ1v) is 5.18. The molecule has 0 atom stereocenters. The van der Waals surface area contributed by atoms with Crippen LogP contribution in [0.2, 0.25) is 0 Å². The summed E-state index contributed by atoms with van der Waals surface area (Å²) in [6.45, 7) is 3.11. The Morgan fingerprint density at radius 1 is 1.31 bits per heavy atom. The number of hydrogen-bond acceptors (Lipinski definition) is 3. The molecule has 0 radical (unpaired) electrons. The van der Waals surface area contributed by atoms with Gasteiger partial charge in [-0.25, -0.2) is 4.98 Å². The van der Waals surface area contributed by atoms with E-state index in [9.17, 15) is 0 Å². The van der Waals surface area contributed by atoms with E-state index in [2.05, 4.69) is 4.98 Å². The van der Waals surface area contributed by atoms with Gasteiger partial charge >= 0.3 is 0 Å². The zero-order chi connectivity index (χ0) is 11.0. The fraction of sp³-hybridized carbons (Fsp3) is 0.250. The second-order valence-corrected chi connectivity index (χ2v) is 3.87. The summed E-state index contributed by atoms with van der Waals surface area (Å²) in [5.74, 6) is 1.65. The van der Waals surface area contributed by atoms with Crippen LogP contribution in [-0.4, -0.2) is 16.3 Å². The maximum atomic E-state index is 5.33. The van der Waals surface area contributed by atoms with Crippen LogP contribution in [0.15, 0.2) is 30.7 Å². The lowest BCUT2D eigenvalue weighted by atomic mass is 10.2. The van der Waals surface area contributed by atoms with Crippen molar-refractivity contribution in [1.82, 2.24) is 9.55 Å². The topological polar surface area (TPSA) is 36.3 Å². The van der Waals surface area contributed by atoms with E-state index >= 15 is 0 Å². The summed E-state index contributed by atoms with van der Waals surface area (Å²) >= 11 is 0.